The molecule has 1 saturated carbocycles. The zero-order valence-electron chi connectivity index (χ0n) is 8.74. The zero-order valence-corrected chi connectivity index (χ0v) is 8.74. The largest absolute Gasteiger partial charge is 0.397 e. The van der Waals surface area contributed by atoms with Crippen molar-refractivity contribution in [1.82, 2.24) is 4.98 Å². The van der Waals surface area contributed by atoms with Crippen molar-refractivity contribution in [2.45, 2.75) is 37.5 Å². The van der Waals surface area contributed by atoms with Gasteiger partial charge in [0, 0.05) is 0 Å². The van der Waals surface area contributed by atoms with Crippen LogP contribution in [-0.4, -0.2) is 4.98 Å². The van der Waals surface area contributed by atoms with Gasteiger partial charge in [0.1, 0.15) is 0 Å². The molecule has 1 aromatic heterocycles. The SMILES string of the molecule is N#CC1(c2ccc(N)cn2)CCCCC1. The molecule has 3 heteroatoms. The average molecular weight is 201 g/mol. The highest BCUT2D eigenvalue weighted by atomic mass is 14.7. The molecule has 2 rings (SSSR count). The second-order valence-corrected chi connectivity index (χ2v) is 4.23. The molecule has 0 radical (unpaired) electrons. The van der Waals surface area contributed by atoms with Gasteiger partial charge in [0.15, 0.2) is 0 Å². The molecular weight excluding hydrogens is 186 g/mol. The number of nitriles is 1. The van der Waals surface area contributed by atoms with Crippen LogP contribution in [0.1, 0.15) is 37.8 Å². The topological polar surface area (TPSA) is 62.7 Å². The Morgan fingerprint density at radius 1 is 1.27 bits per heavy atom. The molecule has 0 aromatic carbocycles. The van der Waals surface area contributed by atoms with Crippen LogP contribution >= 0.6 is 0 Å². The fourth-order valence-corrected chi connectivity index (χ4v) is 2.27. The van der Waals surface area contributed by atoms with E-state index in [0.29, 0.717) is 5.69 Å². The molecule has 0 unspecified atom stereocenters. The van der Waals surface area contributed by atoms with Crippen LogP contribution < -0.4 is 5.73 Å². The lowest BCUT2D eigenvalue weighted by Gasteiger charge is -2.29. The number of pyridine rings is 1. The number of hydrogen-bond donors (Lipinski definition) is 1. The Bertz CT molecular complexity index is 369. The van der Waals surface area contributed by atoms with E-state index in [-0.39, 0.29) is 5.41 Å². The summed E-state index contributed by atoms with van der Waals surface area (Å²) in [6.45, 7) is 0. The molecule has 0 bridgehead atoms. The molecule has 0 spiro atoms. The van der Waals surface area contributed by atoms with Crippen molar-refractivity contribution in [2.24, 2.45) is 0 Å². The molecule has 0 saturated heterocycles. The smallest absolute Gasteiger partial charge is 0.0993 e. The first-order chi connectivity index (χ1) is 7.27. The van der Waals surface area contributed by atoms with Crippen molar-refractivity contribution in [3.05, 3.63) is 24.0 Å². The lowest BCUT2D eigenvalue weighted by Crippen LogP contribution is -2.28. The standard InChI is InChI=1S/C12H15N3/c13-9-12(6-2-1-3-7-12)11-5-4-10(14)8-15-11/h4-5,8H,1-3,6-7,14H2. The highest BCUT2D eigenvalue weighted by Crippen LogP contribution is 2.37. The van der Waals surface area contributed by atoms with Crippen molar-refractivity contribution in [1.29, 1.82) is 5.26 Å². The predicted molar refractivity (Wildman–Crippen MR) is 59.0 cm³/mol. The quantitative estimate of drug-likeness (QED) is 0.758. The zero-order chi connectivity index (χ0) is 10.7. The van der Waals surface area contributed by atoms with Crippen molar-refractivity contribution < 1.29 is 0 Å². The van der Waals surface area contributed by atoms with Gasteiger partial charge in [0.05, 0.1) is 29.1 Å². The molecule has 1 fully saturated rings. The first kappa shape index (κ1) is 9.97. The molecule has 1 aliphatic carbocycles. The Labute approximate surface area is 89.9 Å². The molecule has 1 aromatic rings. The highest BCUT2D eigenvalue weighted by molar-refractivity contribution is 5.38. The highest BCUT2D eigenvalue weighted by Gasteiger charge is 2.35. The maximum Gasteiger partial charge on any atom is 0.0993 e. The van der Waals surface area contributed by atoms with E-state index in [2.05, 4.69) is 11.1 Å². The first-order valence-electron chi connectivity index (χ1n) is 5.40. The Balaban J connectivity index is 2.33. The Morgan fingerprint density at radius 3 is 2.53 bits per heavy atom. The van der Waals surface area contributed by atoms with E-state index in [9.17, 15) is 5.26 Å². The van der Waals surface area contributed by atoms with Gasteiger partial charge in [-0.25, -0.2) is 0 Å². The summed E-state index contributed by atoms with van der Waals surface area (Å²) in [5.74, 6) is 0. The number of nitrogen functional groups attached to an aromatic ring is 1. The fraction of sp³-hybridized carbons (Fsp3) is 0.500. The van der Waals surface area contributed by atoms with E-state index in [1.165, 1.54) is 6.42 Å². The van der Waals surface area contributed by atoms with Gasteiger partial charge in [0.2, 0.25) is 0 Å². The van der Waals surface area contributed by atoms with Gasteiger partial charge in [-0.15, -0.1) is 0 Å². The van der Waals surface area contributed by atoms with E-state index in [1.807, 2.05) is 12.1 Å². The Kier molecular flexibility index (Phi) is 2.59. The second-order valence-electron chi connectivity index (χ2n) is 4.23. The minimum Gasteiger partial charge on any atom is -0.397 e. The number of aromatic nitrogens is 1. The summed E-state index contributed by atoms with van der Waals surface area (Å²) < 4.78 is 0. The summed E-state index contributed by atoms with van der Waals surface area (Å²) >= 11 is 0. The average Bonchev–Trinajstić information content (AvgIpc) is 2.31. The van der Waals surface area contributed by atoms with Gasteiger partial charge in [-0.2, -0.15) is 5.26 Å². The summed E-state index contributed by atoms with van der Waals surface area (Å²) in [7, 11) is 0. The van der Waals surface area contributed by atoms with Crippen LogP contribution in [0.5, 0.6) is 0 Å². The number of nitrogens with two attached hydrogens (primary N) is 1. The van der Waals surface area contributed by atoms with Crippen molar-refractivity contribution in [3.8, 4) is 6.07 Å². The minimum absolute atomic E-state index is 0.355. The third-order valence-corrected chi connectivity index (χ3v) is 3.20. The predicted octanol–water partition coefficient (Wildman–Crippen LogP) is 2.39. The van der Waals surface area contributed by atoms with Crippen LogP contribution in [0.4, 0.5) is 5.69 Å². The van der Waals surface area contributed by atoms with E-state index in [4.69, 9.17) is 5.73 Å². The molecule has 1 aliphatic rings. The molecule has 0 amide bonds. The third kappa shape index (κ3) is 1.80. The number of anilines is 1. The van der Waals surface area contributed by atoms with Crippen molar-refractivity contribution >= 4 is 5.69 Å². The van der Waals surface area contributed by atoms with Crippen molar-refractivity contribution in [2.75, 3.05) is 5.73 Å². The normalized spacial score (nSPS) is 19.4. The fourth-order valence-electron chi connectivity index (χ4n) is 2.27. The van der Waals surface area contributed by atoms with Gasteiger partial charge >= 0.3 is 0 Å². The van der Waals surface area contributed by atoms with Gasteiger partial charge < -0.3 is 5.73 Å². The third-order valence-electron chi connectivity index (χ3n) is 3.20. The first-order valence-corrected chi connectivity index (χ1v) is 5.40. The van der Waals surface area contributed by atoms with Gasteiger partial charge in [-0.3, -0.25) is 4.98 Å². The molecule has 0 aliphatic heterocycles. The van der Waals surface area contributed by atoms with E-state index >= 15 is 0 Å². The number of rotatable bonds is 1. The van der Waals surface area contributed by atoms with Gasteiger partial charge in [-0.1, -0.05) is 19.3 Å². The van der Waals surface area contributed by atoms with E-state index < -0.39 is 0 Å². The van der Waals surface area contributed by atoms with Crippen LogP contribution in [0.2, 0.25) is 0 Å². The van der Waals surface area contributed by atoms with Gasteiger partial charge in [0.25, 0.3) is 0 Å². The summed E-state index contributed by atoms with van der Waals surface area (Å²) in [5, 5.41) is 9.34. The van der Waals surface area contributed by atoms with E-state index in [1.54, 1.807) is 6.20 Å². The Hall–Kier alpha value is -1.56. The monoisotopic (exact) mass is 201 g/mol. The molecule has 78 valence electrons. The van der Waals surface area contributed by atoms with Crippen LogP contribution in [-0.2, 0) is 5.41 Å². The minimum atomic E-state index is -0.355. The summed E-state index contributed by atoms with van der Waals surface area (Å²) in [6.07, 6.45) is 6.99. The summed E-state index contributed by atoms with van der Waals surface area (Å²) in [6, 6.07) is 6.17. The maximum absolute atomic E-state index is 9.34. The van der Waals surface area contributed by atoms with Gasteiger partial charge in [-0.05, 0) is 25.0 Å². The van der Waals surface area contributed by atoms with Crippen molar-refractivity contribution in [3.63, 3.8) is 0 Å². The van der Waals surface area contributed by atoms with E-state index in [0.717, 1.165) is 31.4 Å². The lowest BCUT2D eigenvalue weighted by molar-refractivity contribution is 0.358. The van der Waals surface area contributed by atoms with Crippen LogP contribution in [0.3, 0.4) is 0 Å². The van der Waals surface area contributed by atoms with Crippen LogP contribution in [0, 0.1) is 11.3 Å². The second kappa shape index (κ2) is 3.90. The molecule has 1 heterocycles. The molecule has 2 N–H and O–H groups in total. The number of nitrogens with zero attached hydrogens (tertiary/aromatic N) is 2. The Morgan fingerprint density at radius 2 is 2.00 bits per heavy atom. The van der Waals surface area contributed by atoms with Crippen LogP contribution in [0.15, 0.2) is 18.3 Å². The molecule has 15 heavy (non-hydrogen) atoms. The maximum atomic E-state index is 9.34. The summed E-state index contributed by atoms with van der Waals surface area (Å²) in [5.41, 5.74) is 6.78. The molecular formula is C12H15N3. The number of hydrogen-bond acceptors (Lipinski definition) is 3. The molecule has 3 nitrogen and oxygen atoms in total. The summed E-state index contributed by atoms with van der Waals surface area (Å²) in [4.78, 5) is 4.30. The lowest BCUT2D eigenvalue weighted by atomic mass is 9.73. The molecule has 0 atom stereocenters. The van der Waals surface area contributed by atoms with Crippen LogP contribution in [0.25, 0.3) is 0 Å².